The number of pyridine rings is 1. The molecule has 0 radical (unpaired) electrons. The van der Waals surface area contributed by atoms with Crippen LogP contribution in [-0.4, -0.2) is 45.4 Å². The number of alkyl halides is 3. The predicted octanol–water partition coefficient (Wildman–Crippen LogP) is 3.16. The molecule has 3 aromatic rings. The summed E-state index contributed by atoms with van der Waals surface area (Å²) in [4.78, 5) is 26.2. The molecule has 0 saturated carbocycles. The van der Waals surface area contributed by atoms with Gasteiger partial charge in [0.1, 0.15) is 11.6 Å². The van der Waals surface area contributed by atoms with Crippen molar-refractivity contribution in [3.05, 3.63) is 59.3 Å². The van der Waals surface area contributed by atoms with Crippen LogP contribution in [0.4, 0.5) is 30.8 Å². The maximum Gasteiger partial charge on any atom is 0.416 e. The summed E-state index contributed by atoms with van der Waals surface area (Å²) in [5, 5.41) is 3.00. The Bertz CT molecular complexity index is 1300. The monoisotopic (exact) mass is 481 g/mol. The first kappa shape index (κ1) is 23.8. The lowest BCUT2D eigenvalue weighted by atomic mass is 10.0. The topological polar surface area (TPSA) is 123 Å². The minimum atomic E-state index is -4.53. The van der Waals surface area contributed by atoms with Crippen LogP contribution < -0.4 is 16.8 Å². The van der Waals surface area contributed by atoms with Crippen LogP contribution in [0, 0.1) is 11.8 Å². The molecule has 35 heavy (non-hydrogen) atoms. The van der Waals surface area contributed by atoms with Gasteiger partial charge in [-0.2, -0.15) is 18.2 Å². The molecule has 4 rings (SSSR count). The van der Waals surface area contributed by atoms with E-state index in [2.05, 4.69) is 32.1 Å². The summed E-state index contributed by atoms with van der Waals surface area (Å²) in [5.74, 6) is 6.28. The highest BCUT2D eigenvalue weighted by atomic mass is 19.4. The molecule has 3 heterocycles. The Morgan fingerprint density at radius 3 is 2.63 bits per heavy atom. The first-order chi connectivity index (χ1) is 16.7. The van der Waals surface area contributed by atoms with Gasteiger partial charge in [0.05, 0.1) is 16.8 Å². The quantitative estimate of drug-likeness (QED) is 0.479. The summed E-state index contributed by atoms with van der Waals surface area (Å²) in [5.41, 5.74) is 12.0. The Morgan fingerprint density at radius 1 is 1.11 bits per heavy atom. The predicted molar refractivity (Wildman–Crippen MR) is 126 cm³/mol. The van der Waals surface area contributed by atoms with Crippen molar-refractivity contribution in [2.24, 2.45) is 0 Å². The first-order valence-electron chi connectivity index (χ1n) is 10.8. The third-order valence-electron chi connectivity index (χ3n) is 5.35. The molecule has 1 aromatic carbocycles. The first-order valence-corrected chi connectivity index (χ1v) is 10.8. The number of nitrogens with one attached hydrogen (secondary N) is 1. The summed E-state index contributed by atoms with van der Waals surface area (Å²) < 4.78 is 40.0. The van der Waals surface area contributed by atoms with E-state index in [1.165, 1.54) is 18.3 Å². The Morgan fingerprint density at radius 2 is 1.94 bits per heavy atom. The maximum absolute atomic E-state index is 13.3. The van der Waals surface area contributed by atoms with E-state index in [4.69, 9.17) is 11.5 Å². The fraction of sp³-hybridized carbons (Fsp3) is 0.250. The van der Waals surface area contributed by atoms with Crippen molar-refractivity contribution in [3.8, 4) is 23.1 Å². The van der Waals surface area contributed by atoms with Gasteiger partial charge in [-0.1, -0.05) is 24.0 Å². The van der Waals surface area contributed by atoms with Crippen LogP contribution in [0.3, 0.4) is 0 Å². The fourth-order valence-electron chi connectivity index (χ4n) is 3.59. The van der Waals surface area contributed by atoms with Crippen molar-refractivity contribution in [2.75, 3.05) is 36.4 Å². The molecule has 1 amide bonds. The van der Waals surface area contributed by atoms with Gasteiger partial charge >= 0.3 is 6.18 Å². The van der Waals surface area contributed by atoms with Gasteiger partial charge in [-0.05, 0) is 30.7 Å². The van der Waals surface area contributed by atoms with E-state index >= 15 is 0 Å². The standard InChI is InChI=1S/C24H22F3N7O/c25-24(26,27)17-4-1-3-16(13-17)21-18(8-6-15-7-9-19(28)31-14-15)22(29)33-23(32-21)30-10-12-34-11-2-5-20(34)35/h1,3-4,7,9,13-14H,2,5,10-12H2,(H2,28,31)(H3,29,30,32,33). The van der Waals surface area contributed by atoms with E-state index in [0.717, 1.165) is 18.6 Å². The van der Waals surface area contributed by atoms with Crippen LogP contribution in [0.5, 0.6) is 0 Å². The van der Waals surface area contributed by atoms with Crippen molar-refractivity contribution in [1.82, 2.24) is 19.9 Å². The third-order valence-corrected chi connectivity index (χ3v) is 5.35. The Kier molecular flexibility index (Phi) is 6.73. The van der Waals surface area contributed by atoms with Crippen molar-refractivity contribution >= 4 is 23.5 Å². The van der Waals surface area contributed by atoms with E-state index in [1.807, 2.05) is 0 Å². The van der Waals surface area contributed by atoms with Crippen LogP contribution in [0.25, 0.3) is 11.3 Å². The summed E-state index contributed by atoms with van der Waals surface area (Å²) in [7, 11) is 0. The molecular weight excluding hydrogens is 459 g/mol. The lowest BCUT2D eigenvalue weighted by molar-refractivity contribution is -0.137. The summed E-state index contributed by atoms with van der Waals surface area (Å²) in [6, 6.07) is 8.00. The number of nitrogens with two attached hydrogens (primary N) is 2. The second kappa shape index (κ2) is 9.89. The molecule has 5 N–H and O–H groups in total. The minimum Gasteiger partial charge on any atom is -0.384 e. The molecule has 0 spiro atoms. The fourth-order valence-corrected chi connectivity index (χ4v) is 3.59. The summed E-state index contributed by atoms with van der Waals surface area (Å²) in [6.45, 7) is 1.50. The highest BCUT2D eigenvalue weighted by Gasteiger charge is 2.31. The molecule has 0 unspecified atom stereocenters. The summed E-state index contributed by atoms with van der Waals surface area (Å²) in [6.07, 6.45) is -1.71. The van der Waals surface area contributed by atoms with E-state index in [-0.39, 0.29) is 34.5 Å². The average Bonchev–Trinajstić information content (AvgIpc) is 3.23. The van der Waals surface area contributed by atoms with Gasteiger partial charge in [0.25, 0.3) is 0 Å². The number of hydrogen-bond donors (Lipinski definition) is 3. The molecule has 0 atom stereocenters. The van der Waals surface area contributed by atoms with Crippen LogP contribution in [0.2, 0.25) is 0 Å². The molecule has 11 heteroatoms. The van der Waals surface area contributed by atoms with Gasteiger partial charge in [0, 0.05) is 43.4 Å². The van der Waals surface area contributed by atoms with Gasteiger partial charge in [0.15, 0.2) is 0 Å². The Labute approximate surface area is 199 Å². The number of nitrogen functional groups attached to an aromatic ring is 2. The van der Waals surface area contributed by atoms with Crippen LogP contribution in [-0.2, 0) is 11.0 Å². The Hall–Kier alpha value is -4.33. The number of anilines is 3. The SMILES string of the molecule is Nc1ccc(C#Cc2c(N)nc(NCCN3CCCC3=O)nc2-c2cccc(C(F)(F)F)c2)cn1. The second-order valence-electron chi connectivity index (χ2n) is 7.87. The number of likely N-dealkylation sites (tertiary alicyclic amines) is 1. The van der Waals surface area contributed by atoms with E-state index in [9.17, 15) is 18.0 Å². The zero-order valence-electron chi connectivity index (χ0n) is 18.6. The molecule has 1 fully saturated rings. The zero-order valence-corrected chi connectivity index (χ0v) is 18.6. The van der Waals surface area contributed by atoms with Gasteiger partial charge in [-0.25, -0.2) is 9.97 Å². The second-order valence-corrected chi connectivity index (χ2v) is 7.87. The van der Waals surface area contributed by atoms with Gasteiger partial charge in [0.2, 0.25) is 11.9 Å². The lowest BCUT2D eigenvalue weighted by Gasteiger charge is -2.16. The summed E-state index contributed by atoms with van der Waals surface area (Å²) >= 11 is 0. The molecule has 180 valence electrons. The van der Waals surface area contributed by atoms with E-state index in [1.54, 1.807) is 17.0 Å². The average molecular weight is 481 g/mol. The normalized spacial score (nSPS) is 13.5. The smallest absolute Gasteiger partial charge is 0.384 e. The number of amides is 1. The van der Waals surface area contributed by atoms with Crippen molar-refractivity contribution < 1.29 is 18.0 Å². The molecule has 1 saturated heterocycles. The van der Waals surface area contributed by atoms with Crippen LogP contribution >= 0.6 is 0 Å². The van der Waals surface area contributed by atoms with Crippen LogP contribution in [0.1, 0.15) is 29.5 Å². The van der Waals surface area contributed by atoms with Crippen molar-refractivity contribution in [2.45, 2.75) is 19.0 Å². The molecule has 2 aromatic heterocycles. The van der Waals surface area contributed by atoms with E-state index in [0.29, 0.717) is 37.4 Å². The highest BCUT2D eigenvalue weighted by molar-refractivity contribution is 5.78. The van der Waals surface area contributed by atoms with Crippen molar-refractivity contribution in [1.29, 1.82) is 0 Å². The number of rotatable bonds is 5. The number of carbonyl (C=O) groups excluding carboxylic acids is 1. The number of aromatic nitrogens is 3. The third kappa shape index (κ3) is 5.78. The molecule has 1 aliphatic heterocycles. The van der Waals surface area contributed by atoms with Gasteiger partial charge in [-0.3, -0.25) is 4.79 Å². The highest BCUT2D eigenvalue weighted by Crippen LogP contribution is 2.33. The number of benzene rings is 1. The Balaban J connectivity index is 1.70. The molecule has 1 aliphatic rings. The van der Waals surface area contributed by atoms with E-state index < -0.39 is 11.7 Å². The number of nitrogens with zero attached hydrogens (tertiary/aromatic N) is 4. The number of hydrogen-bond acceptors (Lipinski definition) is 7. The van der Waals surface area contributed by atoms with Gasteiger partial charge < -0.3 is 21.7 Å². The number of halogens is 3. The molecule has 0 bridgehead atoms. The minimum absolute atomic E-state index is 0.00284. The van der Waals surface area contributed by atoms with Crippen molar-refractivity contribution in [3.63, 3.8) is 0 Å². The van der Waals surface area contributed by atoms with Gasteiger partial charge in [-0.15, -0.1) is 0 Å². The molecule has 8 nitrogen and oxygen atoms in total. The lowest BCUT2D eigenvalue weighted by Crippen LogP contribution is -2.30. The zero-order chi connectivity index (χ0) is 25.0. The molecule has 0 aliphatic carbocycles. The number of carbonyl (C=O) groups is 1. The largest absolute Gasteiger partial charge is 0.416 e. The maximum atomic E-state index is 13.3. The molecular formula is C24H22F3N7O. The van der Waals surface area contributed by atoms with Crippen LogP contribution in [0.15, 0.2) is 42.6 Å².